The number of pyridine rings is 1. The van der Waals surface area contributed by atoms with E-state index in [9.17, 15) is 4.79 Å². The second-order valence-corrected chi connectivity index (χ2v) is 5.87. The molecule has 3 heterocycles. The quantitative estimate of drug-likeness (QED) is 0.639. The molecule has 0 spiro atoms. The first kappa shape index (κ1) is 14.4. The molecule has 2 aliphatic heterocycles. The van der Waals surface area contributed by atoms with Crippen molar-refractivity contribution in [3.8, 4) is 0 Å². The Balaban J connectivity index is 1.79. The van der Waals surface area contributed by atoms with Crippen LogP contribution < -0.4 is 5.48 Å². The van der Waals surface area contributed by atoms with Crippen LogP contribution in [0.5, 0.6) is 0 Å². The Morgan fingerprint density at radius 3 is 3.00 bits per heavy atom. The number of nitrogens with one attached hydrogen (secondary N) is 1. The first-order valence-corrected chi connectivity index (χ1v) is 7.45. The standard InChI is InChI=1S/C15H21N3O3/c1-2-13-4-14-12(3-11(5-16-14)15(19)17-20)7-18(13)6-10-8-21-9-10/h3,5,10,13,20H,2,4,6-9H2,1H3,(H,17,19)/t13-/m1/s1. The minimum atomic E-state index is -0.512. The van der Waals surface area contributed by atoms with Crippen molar-refractivity contribution in [3.05, 3.63) is 29.1 Å². The van der Waals surface area contributed by atoms with E-state index in [4.69, 9.17) is 9.94 Å². The third-order valence-electron chi connectivity index (χ3n) is 4.41. The van der Waals surface area contributed by atoms with Crippen LogP contribution in [0, 0.1) is 5.92 Å². The minimum Gasteiger partial charge on any atom is -0.381 e. The van der Waals surface area contributed by atoms with Crippen molar-refractivity contribution < 1.29 is 14.7 Å². The van der Waals surface area contributed by atoms with Crippen LogP contribution in [0.4, 0.5) is 0 Å². The number of hydrogen-bond donors (Lipinski definition) is 2. The van der Waals surface area contributed by atoms with Crippen molar-refractivity contribution in [1.29, 1.82) is 0 Å². The zero-order chi connectivity index (χ0) is 14.8. The molecule has 2 N–H and O–H groups in total. The molecule has 114 valence electrons. The maximum atomic E-state index is 11.5. The molecule has 21 heavy (non-hydrogen) atoms. The predicted molar refractivity (Wildman–Crippen MR) is 76.0 cm³/mol. The molecule has 0 unspecified atom stereocenters. The smallest absolute Gasteiger partial charge is 0.276 e. The average molecular weight is 291 g/mol. The molecule has 3 rings (SSSR count). The number of fused-ring (bicyclic) bond motifs is 1. The number of hydrogen-bond acceptors (Lipinski definition) is 5. The average Bonchev–Trinajstić information content (AvgIpc) is 2.48. The normalized spacial score (nSPS) is 22.5. The van der Waals surface area contributed by atoms with E-state index in [1.807, 2.05) is 6.07 Å². The molecular weight excluding hydrogens is 270 g/mol. The highest BCUT2D eigenvalue weighted by Gasteiger charge is 2.30. The van der Waals surface area contributed by atoms with Gasteiger partial charge in [-0.15, -0.1) is 0 Å². The fraction of sp³-hybridized carbons (Fsp3) is 0.600. The highest BCUT2D eigenvalue weighted by molar-refractivity contribution is 5.93. The van der Waals surface area contributed by atoms with Crippen LogP contribution in [0.3, 0.4) is 0 Å². The Kier molecular flexibility index (Phi) is 4.19. The van der Waals surface area contributed by atoms with E-state index in [1.54, 1.807) is 5.48 Å². The fourth-order valence-electron chi connectivity index (χ4n) is 3.09. The molecular formula is C15H21N3O3. The van der Waals surface area contributed by atoms with Crippen molar-refractivity contribution in [1.82, 2.24) is 15.4 Å². The van der Waals surface area contributed by atoms with Gasteiger partial charge in [0.25, 0.3) is 5.91 Å². The molecule has 2 aliphatic rings. The highest BCUT2D eigenvalue weighted by Crippen LogP contribution is 2.26. The second-order valence-electron chi connectivity index (χ2n) is 5.87. The van der Waals surface area contributed by atoms with Gasteiger partial charge in [-0.2, -0.15) is 0 Å². The van der Waals surface area contributed by atoms with Gasteiger partial charge in [0.2, 0.25) is 0 Å². The molecule has 0 aliphatic carbocycles. The summed E-state index contributed by atoms with van der Waals surface area (Å²) in [5, 5.41) is 8.73. The van der Waals surface area contributed by atoms with E-state index in [0.717, 1.165) is 50.4 Å². The van der Waals surface area contributed by atoms with Gasteiger partial charge >= 0.3 is 0 Å². The predicted octanol–water partition coefficient (Wildman–Crippen LogP) is 0.984. The van der Waals surface area contributed by atoms with Gasteiger partial charge in [-0.1, -0.05) is 6.92 Å². The first-order chi connectivity index (χ1) is 10.2. The maximum Gasteiger partial charge on any atom is 0.276 e. The zero-order valence-corrected chi connectivity index (χ0v) is 12.2. The van der Waals surface area contributed by atoms with Gasteiger partial charge < -0.3 is 4.74 Å². The van der Waals surface area contributed by atoms with Gasteiger partial charge in [0.1, 0.15) is 0 Å². The Hall–Kier alpha value is -1.50. The largest absolute Gasteiger partial charge is 0.381 e. The number of rotatable bonds is 4. The SMILES string of the molecule is CC[C@@H]1Cc2ncc(C(=O)NO)cc2CN1CC1COC1. The molecule has 1 aromatic rings. The van der Waals surface area contributed by atoms with Crippen molar-refractivity contribution >= 4 is 5.91 Å². The maximum absolute atomic E-state index is 11.5. The summed E-state index contributed by atoms with van der Waals surface area (Å²) in [7, 11) is 0. The van der Waals surface area contributed by atoms with Gasteiger partial charge in [-0.05, 0) is 18.1 Å². The number of carbonyl (C=O) groups is 1. The number of aromatic nitrogens is 1. The van der Waals surface area contributed by atoms with Crippen LogP contribution in [0.2, 0.25) is 0 Å². The molecule has 6 heteroatoms. The van der Waals surface area contributed by atoms with Crippen molar-refractivity contribution in [3.63, 3.8) is 0 Å². The lowest BCUT2D eigenvalue weighted by molar-refractivity contribution is -0.0544. The Morgan fingerprint density at radius 2 is 2.38 bits per heavy atom. The summed E-state index contributed by atoms with van der Waals surface area (Å²) in [5.74, 6) is 0.111. The summed E-state index contributed by atoms with van der Waals surface area (Å²) in [6.07, 6.45) is 3.54. The van der Waals surface area contributed by atoms with Crippen LogP contribution in [0.25, 0.3) is 0 Å². The third-order valence-corrected chi connectivity index (χ3v) is 4.41. The topological polar surface area (TPSA) is 74.7 Å². The van der Waals surface area contributed by atoms with Crippen LogP contribution in [0.1, 0.15) is 35.0 Å². The van der Waals surface area contributed by atoms with Gasteiger partial charge in [0.15, 0.2) is 0 Å². The van der Waals surface area contributed by atoms with E-state index in [2.05, 4.69) is 16.8 Å². The summed E-state index contributed by atoms with van der Waals surface area (Å²) in [6, 6.07) is 2.34. The molecule has 1 amide bonds. The summed E-state index contributed by atoms with van der Waals surface area (Å²) >= 11 is 0. The van der Waals surface area contributed by atoms with Crippen molar-refractivity contribution in [2.75, 3.05) is 19.8 Å². The minimum absolute atomic E-state index is 0.401. The highest BCUT2D eigenvalue weighted by atomic mass is 16.5. The second kappa shape index (κ2) is 6.09. The molecule has 0 radical (unpaired) electrons. The third kappa shape index (κ3) is 2.92. The summed E-state index contributed by atoms with van der Waals surface area (Å²) < 4.78 is 5.26. The lowest BCUT2D eigenvalue weighted by Gasteiger charge is -2.40. The monoisotopic (exact) mass is 291 g/mol. The van der Waals surface area contributed by atoms with Crippen LogP contribution in [-0.2, 0) is 17.7 Å². The molecule has 1 atom stereocenters. The number of hydroxylamine groups is 1. The van der Waals surface area contributed by atoms with Crippen LogP contribution >= 0.6 is 0 Å². The Labute approximate surface area is 124 Å². The van der Waals surface area contributed by atoms with Crippen molar-refractivity contribution in [2.24, 2.45) is 5.92 Å². The van der Waals surface area contributed by atoms with Gasteiger partial charge in [-0.3, -0.25) is 19.9 Å². The lowest BCUT2D eigenvalue weighted by atomic mass is 9.94. The number of ether oxygens (including phenoxy) is 1. The molecule has 1 fully saturated rings. The molecule has 0 bridgehead atoms. The lowest BCUT2D eigenvalue weighted by Crippen LogP contribution is -2.47. The van der Waals surface area contributed by atoms with E-state index < -0.39 is 5.91 Å². The molecule has 6 nitrogen and oxygen atoms in total. The fourth-order valence-corrected chi connectivity index (χ4v) is 3.09. The van der Waals surface area contributed by atoms with Crippen molar-refractivity contribution in [2.45, 2.75) is 32.4 Å². The molecule has 0 aromatic carbocycles. The van der Waals surface area contributed by atoms with Gasteiger partial charge in [-0.25, -0.2) is 5.48 Å². The number of amides is 1. The Bertz CT molecular complexity index is 531. The van der Waals surface area contributed by atoms with Gasteiger partial charge in [0.05, 0.1) is 18.8 Å². The van der Waals surface area contributed by atoms with Crippen LogP contribution in [0.15, 0.2) is 12.3 Å². The zero-order valence-electron chi connectivity index (χ0n) is 12.2. The van der Waals surface area contributed by atoms with Gasteiger partial charge in [0, 0.05) is 43.4 Å². The first-order valence-electron chi connectivity index (χ1n) is 7.45. The van der Waals surface area contributed by atoms with E-state index in [1.165, 1.54) is 6.20 Å². The number of nitrogens with zero attached hydrogens (tertiary/aromatic N) is 2. The summed E-state index contributed by atoms with van der Waals surface area (Å²) in [4.78, 5) is 18.4. The molecule has 1 aromatic heterocycles. The Morgan fingerprint density at radius 1 is 1.57 bits per heavy atom. The molecule has 0 saturated carbocycles. The van der Waals surface area contributed by atoms with E-state index >= 15 is 0 Å². The summed E-state index contributed by atoms with van der Waals surface area (Å²) in [6.45, 7) is 5.75. The van der Waals surface area contributed by atoms with E-state index in [0.29, 0.717) is 17.5 Å². The summed E-state index contributed by atoms with van der Waals surface area (Å²) in [5.41, 5.74) is 4.21. The number of carbonyl (C=O) groups excluding carboxylic acids is 1. The van der Waals surface area contributed by atoms with Crippen LogP contribution in [-0.4, -0.2) is 46.8 Å². The van der Waals surface area contributed by atoms with E-state index in [-0.39, 0.29) is 0 Å². The molecule has 1 saturated heterocycles.